The van der Waals surface area contributed by atoms with Crippen molar-refractivity contribution < 1.29 is 17.9 Å². The van der Waals surface area contributed by atoms with E-state index in [9.17, 15) is 13.2 Å². The van der Waals surface area contributed by atoms with Gasteiger partial charge in [-0.2, -0.15) is 13.2 Å². The Bertz CT molecular complexity index is 273. The van der Waals surface area contributed by atoms with Crippen LogP contribution in [0.15, 0.2) is 35.2 Å². The van der Waals surface area contributed by atoms with Gasteiger partial charge in [-0.15, -0.1) is 0 Å². The topological polar surface area (TPSA) is 9.23 Å². The highest BCUT2D eigenvalue weighted by molar-refractivity contribution is 7.99. The van der Waals surface area contributed by atoms with Gasteiger partial charge in [0, 0.05) is 12.0 Å². The van der Waals surface area contributed by atoms with E-state index in [1.165, 1.54) is 0 Å². The number of benzene rings is 1. The number of hydrogen-bond donors (Lipinski definition) is 0. The van der Waals surface area contributed by atoms with E-state index in [0.717, 1.165) is 7.11 Å². The molecule has 0 saturated heterocycles. The average molecular weight is 222 g/mol. The summed E-state index contributed by atoms with van der Waals surface area (Å²) in [6, 6.07) is 8.35. The summed E-state index contributed by atoms with van der Waals surface area (Å²) in [4.78, 5) is 0.539. The van der Waals surface area contributed by atoms with Crippen LogP contribution in [-0.4, -0.2) is 18.7 Å². The lowest BCUT2D eigenvalue weighted by Gasteiger charge is -2.17. The maximum Gasteiger partial charge on any atom is 0.424 e. The smallest absolute Gasteiger partial charge is 0.361 e. The van der Waals surface area contributed by atoms with Gasteiger partial charge in [-0.1, -0.05) is 30.0 Å². The van der Waals surface area contributed by atoms with Gasteiger partial charge in [-0.3, -0.25) is 0 Å². The second kappa shape index (κ2) is 4.70. The first kappa shape index (κ1) is 11.4. The third-order valence-electron chi connectivity index (χ3n) is 1.47. The molecule has 1 aromatic carbocycles. The number of hydrogen-bond acceptors (Lipinski definition) is 2. The van der Waals surface area contributed by atoms with Gasteiger partial charge < -0.3 is 4.74 Å². The maximum absolute atomic E-state index is 12.3. The molecule has 0 heterocycles. The molecular formula is C9H9F3OS. The monoisotopic (exact) mass is 222 g/mol. The standard InChI is InChI=1S/C9H9F3OS/c1-13-8(9(10,11)12)14-7-5-3-2-4-6-7/h2-6,8H,1H3. The Kier molecular flexibility index (Phi) is 3.83. The largest absolute Gasteiger partial charge is 0.424 e. The fraction of sp³-hybridized carbons (Fsp3) is 0.333. The van der Waals surface area contributed by atoms with E-state index in [1.54, 1.807) is 30.3 Å². The zero-order chi connectivity index (χ0) is 10.6. The summed E-state index contributed by atoms with van der Waals surface area (Å²) >= 11 is 0.648. The normalized spacial score (nSPS) is 14.0. The van der Waals surface area contributed by atoms with Crippen LogP contribution in [0.5, 0.6) is 0 Å². The van der Waals surface area contributed by atoms with E-state index in [1.807, 2.05) is 0 Å². The predicted octanol–water partition coefficient (Wildman–Crippen LogP) is 3.31. The van der Waals surface area contributed by atoms with E-state index in [2.05, 4.69) is 4.74 Å². The van der Waals surface area contributed by atoms with Crippen molar-refractivity contribution in [2.24, 2.45) is 0 Å². The summed E-state index contributed by atoms with van der Waals surface area (Å²) in [6.07, 6.45) is -4.34. The van der Waals surface area contributed by atoms with Crippen molar-refractivity contribution >= 4 is 11.8 Å². The second-order valence-electron chi connectivity index (χ2n) is 2.54. The second-order valence-corrected chi connectivity index (χ2v) is 3.68. The lowest BCUT2D eigenvalue weighted by Crippen LogP contribution is -2.27. The fourth-order valence-corrected chi connectivity index (χ4v) is 1.66. The van der Waals surface area contributed by atoms with Crippen LogP contribution in [0.2, 0.25) is 0 Å². The number of methoxy groups -OCH3 is 1. The Balaban J connectivity index is 2.67. The molecule has 0 aliphatic carbocycles. The fourth-order valence-electron chi connectivity index (χ4n) is 0.871. The van der Waals surface area contributed by atoms with Crippen LogP contribution >= 0.6 is 11.8 Å². The first-order chi connectivity index (χ1) is 6.54. The van der Waals surface area contributed by atoms with E-state index in [4.69, 9.17) is 0 Å². The SMILES string of the molecule is COC(Sc1ccccc1)C(F)(F)F. The van der Waals surface area contributed by atoms with Crippen molar-refractivity contribution in [1.82, 2.24) is 0 Å². The predicted molar refractivity (Wildman–Crippen MR) is 49.2 cm³/mol. The van der Waals surface area contributed by atoms with Crippen LogP contribution in [0.3, 0.4) is 0 Å². The summed E-state index contributed by atoms with van der Waals surface area (Å²) in [7, 11) is 1.05. The molecule has 1 unspecified atom stereocenters. The highest BCUT2D eigenvalue weighted by Crippen LogP contribution is 2.35. The zero-order valence-electron chi connectivity index (χ0n) is 7.41. The lowest BCUT2D eigenvalue weighted by molar-refractivity contribution is -0.181. The number of alkyl halides is 3. The third kappa shape index (κ3) is 3.23. The molecule has 0 spiro atoms. The van der Waals surface area contributed by atoms with Gasteiger partial charge in [0.15, 0.2) is 0 Å². The molecule has 1 atom stereocenters. The summed E-state index contributed by atoms with van der Waals surface area (Å²) in [5, 5.41) is 0. The quantitative estimate of drug-likeness (QED) is 0.573. The number of rotatable bonds is 3. The lowest BCUT2D eigenvalue weighted by atomic mass is 10.4. The molecule has 78 valence electrons. The van der Waals surface area contributed by atoms with Crippen LogP contribution in [0.1, 0.15) is 0 Å². The van der Waals surface area contributed by atoms with E-state index >= 15 is 0 Å². The molecule has 1 rings (SSSR count). The van der Waals surface area contributed by atoms with Gasteiger partial charge in [0.1, 0.15) is 0 Å². The molecule has 0 amide bonds. The minimum atomic E-state index is -4.34. The molecule has 1 nitrogen and oxygen atoms in total. The first-order valence-corrected chi connectivity index (χ1v) is 4.73. The summed E-state index contributed by atoms with van der Waals surface area (Å²) in [5.41, 5.74) is -1.80. The van der Waals surface area contributed by atoms with Crippen LogP contribution < -0.4 is 0 Å². The molecule has 5 heteroatoms. The van der Waals surface area contributed by atoms with E-state index in [0.29, 0.717) is 16.7 Å². The molecular weight excluding hydrogens is 213 g/mol. The van der Waals surface area contributed by atoms with Gasteiger partial charge in [0.25, 0.3) is 0 Å². The van der Waals surface area contributed by atoms with Gasteiger partial charge >= 0.3 is 6.18 Å². The van der Waals surface area contributed by atoms with Crippen molar-refractivity contribution in [3.8, 4) is 0 Å². The Morgan fingerprint density at radius 2 is 1.79 bits per heavy atom. The van der Waals surface area contributed by atoms with Crippen LogP contribution in [-0.2, 0) is 4.74 Å². The Hall–Kier alpha value is -0.680. The van der Waals surface area contributed by atoms with E-state index in [-0.39, 0.29) is 0 Å². The molecule has 14 heavy (non-hydrogen) atoms. The summed E-state index contributed by atoms with van der Waals surface area (Å²) in [6.45, 7) is 0. The Morgan fingerprint density at radius 3 is 2.21 bits per heavy atom. The molecule has 0 aromatic heterocycles. The molecule has 0 aliphatic rings. The third-order valence-corrected chi connectivity index (χ3v) is 2.69. The van der Waals surface area contributed by atoms with Crippen LogP contribution in [0, 0.1) is 0 Å². The molecule has 0 saturated carbocycles. The van der Waals surface area contributed by atoms with Crippen molar-refractivity contribution in [2.75, 3.05) is 7.11 Å². The summed E-state index contributed by atoms with van der Waals surface area (Å²) < 4.78 is 41.1. The number of halogens is 3. The van der Waals surface area contributed by atoms with Gasteiger partial charge in [0.05, 0.1) is 0 Å². The molecule has 0 fully saturated rings. The van der Waals surface area contributed by atoms with Crippen LogP contribution in [0.4, 0.5) is 13.2 Å². The van der Waals surface area contributed by atoms with Crippen molar-refractivity contribution in [1.29, 1.82) is 0 Å². The van der Waals surface area contributed by atoms with Crippen molar-refractivity contribution in [3.63, 3.8) is 0 Å². The van der Waals surface area contributed by atoms with Crippen molar-refractivity contribution in [3.05, 3.63) is 30.3 Å². The molecule has 1 aromatic rings. The van der Waals surface area contributed by atoms with Gasteiger partial charge in [-0.25, -0.2) is 0 Å². The maximum atomic E-state index is 12.3. The molecule has 0 N–H and O–H groups in total. The minimum absolute atomic E-state index is 0.539. The average Bonchev–Trinajstić information content (AvgIpc) is 2.14. The molecule has 0 bridgehead atoms. The Labute approximate surface area is 84.3 Å². The van der Waals surface area contributed by atoms with Gasteiger partial charge in [-0.05, 0) is 12.1 Å². The highest BCUT2D eigenvalue weighted by atomic mass is 32.2. The number of thioether (sulfide) groups is 1. The number of ether oxygens (including phenoxy) is 1. The minimum Gasteiger partial charge on any atom is -0.361 e. The Morgan fingerprint density at radius 1 is 1.21 bits per heavy atom. The van der Waals surface area contributed by atoms with E-state index < -0.39 is 11.6 Å². The molecule has 0 radical (unpaired) electrons. The zero-order valence-corrected chi connectivity index (χ0v) is 8.23. The molecule has 0 aliphatic heterocycles. The first-order valence-electron chi connectivity index (χ1n) is 3.85. The van der Waals surface area contributed by atoms with Gasteiger partial charge in [0.2, 0.25) is 5.44 Å². The summed E-state index contributed by atoms with van der Waals surface area (Å²) in [5.74, 6) is 0. The highest BCUT2D eigenvalue weighted by Gasteiger charge is 2.40. The van der Waals surface area contributed by atoms with Crippen molar-refractivity contribution in [2.45, 2.75) is 16.5 Å². The van der Waals surface area contributed by atoms with Crippen LogP contribution in [0.25, 0.3) is 0 Å².